The zero-order valence-corrected chi connectivity index (χ0v) is 23.1. The third-order valence-electron chi connectivity index (χ3n) is 5.41. The molecule has 4 rings (SSSR count). The van der Waals surface area contributed by atoms with E-state index in [-0.39, 0.29) is 15.6 Å². The number of rotatable bonds is 10. The number of anilines is 2. The summed E-state index contributed by atoms with van der Waals surface area (Å²) < 4.78 is 30.0. The predicted molar refractivity (Wildman–Crippen MR) is 147 cm³/mol. The van der Waals surface area contributed by atoms with Crippen LogP contribution in [0.5, 0.6) is 0 Å². The van der Waals surface area contributed by atoms with Crippen LogP contribution in [-0.2, 0) is 14.8 Å². The summed E-state index contributed by atoms with van der Waals surface area (Å²) >= 11 is 9.29. The summed E-state index contributed by atoms with van der Waals surface area (Å²) in [5, 5.41) is 13.6. The second kappa shape index (κ2) is 11.1. The van der Waals surface area contributed by atoms with Crippen LogP contribution in [0.25, 0.3) is 16.7 Å². The Labute approximate surface area is 227 Å². The molecule has 0 saturated carbocycles. The molecule has 0 fully saturated rings. The Morgan fingerprint density at radius 1 is 1.14 bits per heavy atom. The van der Waals surface area contributed by atoms with Gasteiger partial charge in [0.1, 0.15) is 12.4 Å². The van der Waals surface area contributed by atoms with Crippen LogP contribution in [0.1, 0.15) is 0 Å². The maximum absolute atomic E-state index is 13.4. The summed E-state index contributed by atoms with van der Waals surface area (Å²) in [6.07, 6.45) is 5.08. The minimum Gasteiger partial charge on any atom is -0.480 e. The van der Waals surface area contributed by atoms with E-state index in [4.69, 9.17) is 11.6 Å². The molecule has 0 radical (unpaired) electrons. The van der Waals surface area contributed by atoms with Crippen molar-refractivity contribution in [2.45, 2.75) is 4.90 Å². The molecular formula is C24H24BrClN6O4S. The first kappa shape index (κ1) is 26.9. The second-order valence-electron chi connectivity index (χ2n) is 8.43. The summed E-state index contributed by atoms with van der Waals surface area (Å²) in [4.78, 5) is 22.4. The molecule has 37 heavy (non-hydrogen) atoms. The Hall–Kier alpha value is -3.19. The van der Waals surface area contributed by atoms with Crippen LogP contribution in [-0.4, -0.2) is 72.7 Å². The number of benzene rings is 2. The Morgan fingerprint density at radius 3 is 2.57 bits per heavy atom. The number of fused-ring (bicyclic) bond motifs is 1. The van der Waals surface area contributed by atoms with E-state index in [0.29, 0.717) is 21.5 Å². The fraction of sp³-hybridized carbons (Fsp3) is 0.208. The molecule has 2 aromatic carbocycles. The summed E-state index contributed by atoms with van der Waals surface area (Å²) in [5.74, 6) is -0.0527. The van der Waals surface area contributed by atoms with Crippen molar-refractivity contribution in [3.05, 3.63) is 70.6 Å². The van der Waals surface area contributed by atoms with Crippen molar-refractivity contribution >= 4 is 65.9 Å². The molecule has 0 amide bonds. The largest absolute Gasteiger partial charge is 0.480 e. The molecule has 4 aromatic rings. The Kier molecular flexibility index (Phi) is 8.02. The van der Waals surface area contributed by atoms with Crippen LogP contribution in [0.3, 0.4) is 0 Å². The van der Waals surface area contributed by atoms with Crippen molar-refractivity contribution < 1.29 is 18.3 Å². The molecular weight excluding hydrogens is 584 g/mol. The number of hydrogen-bond acceptors (Lipinski definition) is 7. The highest BCUT2D eigenvalue weighted by atomic mass is 79.9. The van der Waals surface area contributed by atoms with Crippen LogP contribution >= 0.6 is 27.5 Å². The van der Waals surface area contributed by atoms with Crippen LogP contribution in [0.15, 0.2) is 70.4 Å². The van der Waals surface area contributed by atoms with Crippen molar-refractivity contribution in [3.8, 4) is 5.82 Å². The molecule has 0 aliphatic carbocycles. The Morgan fingerprint density at radius 2 is 1.92 bits per heavy atom. The third kappa shape index (κ3) is 6.21. The summed E-state index contributed by atoms with van der Waals surface area (Å²) in [5.41, 5.74) is 0.958. The quantitative estimate of drug-likeness (QED) is 0.277. The molecule has 13 heteroatoms. The lowest BCUT2D eigenvalue weighted by molar-refractivity contribution is -0.135. The van der Waals surface area contributed by atoms with E-state index in [9.17, 15) is 18.3 Å². The number of nitrogens with zero attached hydrogens (tertiary/aromatic N) is 5. The molecule has 0 aliphatic heterocycles. The normalized spacial score (nSPS) is 11.7. The lowest BCUT2D eigenvalue weighted by Crippen LogP contribution is -2.35. The molecule has 194 valence electrons. The van der Waals surface area contributed by atoms with Crippen molar-refractivity contribution in [2.75, 3.05) is 43.4 Å². The molecule has 2 aromatic heterocycles. The van der Waals surface area contributed by atoms with Gasteiger partial charge in [0.15, 0.2) is 5.82 Å². The number of sulfonamides is 1. The number of aliphatic carboxylic acids is 1. The van der Waals surface area contributed by atoms with Gasteiger partial charge in [-0.1, -0.05) is 27.5 Å². The average molecular weight is 608 g/mol. The topological polar surface area (TPSA) is 121 Å². The minimum absolute atomic E-state index is 0.125. The first-order chi connectivity index (χ1) is 17.5. The maximum Gasteiger partial charge on any atom is 0.324 e. The van der Waals surface area contributed by atoms with Crippen LogP contribution < -0.4 is 9.62 Å². The number of carboxylic acid groups (broad SMARTS) is 1. The highest BCUT2D eigenvalue weighted by Crippen LogP contribution is 2.31. The number of halogens is 2. The zero-order valence-electron chi connectivity index (χ0n) is 20.0. The number of carboxylic acids is 1. The minimum atomic E-state index is -4.23. The maximum atomic E-state index is 13.4. The molecule has 0 bridgehead atoms. The van der Waals surface area contributed by atoms with E-state index in [1.807, 2.05) is 18.7 Å². The van der Waals surface area contributed by atoms with Gasteiger partial charge in [-0.2, -0.15) is 0 Å². The van der Waals surface area contributed by atoms with Gasteiger partial charge < -0.3 is 15.3 Å². The molecule has 0 saturated heterocycles. The van der Waals surface area contributed by atoms with Gasteiger partial charge in [-0.25, -0.2) is 18.4 Å². The lowest BCUT2D eigenvalue weighted by atomic mass is 10.2. The average Bonchev–Trinajstić information content (AvgIpc) is 3.25. The number of hydrogen-bond donors (Lipinski definition) is 2. The fourth-order valence-electron chi connectivity index (χ4n) is 3.67. The molecule has 0 atom stereocenters. The number of carbonyl (C=O) groups is 1. The van der Waals surface area contributed by atoms with E-state index in [1.54, 1.807) is 48.9 Å². The van der Waals surface area contributed by atoms with E-state index >= 15 is 0 Å². The molecule has 2 N–H and O–H groups in total. The summed E-state index contributed by atoms with van der Waals surface area (Å²) in [6, 6.07) is 10.9. The van der Waals surface area contributed by atoms with Crippen LogP contribution in [0.2, 0.25) is 5.02 Å². The smallest absolute Gasteiger partial charge is 0.324 e. The van der Waals surface area contributed by atoms with Gasteiger partial charge in [0.2, 0.25) is 0 Å². The van der Waals surface area contributed by atoms with Gasteiger partial charge in [0, 0.05) is 34.2 Å². The number of aromatic nitrogens is 3. The van der Waals surface area contributed by atoms with E-state index in [1.165, 1.54) is 12.1 Å². The van der Waals surface area contributed by atoms with Gasteiger partial charge in [-0.3, -0.25) is 13.7 Å². The number of likely N-dealkylation sites (N-methyl/N-ethyl adjacent to an activating group) is 1. The molecule has 0 spiro atoms. The highest BCUT2D eigenvalue weighted by Gasteiger charge is 2.28. The Balaban J connectivity index is 1.66. The fourth-order valence-corrected chi connectivity index (χ4v) is 6.23. The third-order valence-corrected chi connectivity index (χ3v) is 7.84. The second-order valence-corrected chi connectivity index (χ2v) is 11.6. The summed E-state index contributed by atoms with van der Waals surface area (Å²) in [6.45, 7) is 0.835. The number of nitrogens with one attached hydrogen (secondary N) is 1. The standard InChI is InChI=1S/C24H24BrClN6O4S/c1-30(2)8-6-27-22-13-29-23(14-28-22)31-7-5-16-9-19(3-4-21(16)31)32(15-24(33)34)37(35,36)20-11-17(25)10-18(26)12-20/h3-5,7,9-14H,6,8,15H2,1-2H3,(H,27,28)(H,33,34). The van der Waals surface area contributed by atoms with Gasteiger partial charge in [-0.15, -0.1) is 0 Å². The lowest BCUT2D eigenvalue weighted by Gasteiger charge is -2.23. The van der Waals surface area contributed by atoms with E-state index < -0.39 is 22.5 Å². The SMILES string of the molecule is CN(C)CCNc1cnc(-n2ccc3cc(N(CC(=O)O)S(=O)(=O)c4cc(Cl)cc(Br)c4)ccc32)cn1. The Bertz CT molecular complexity index is 1520. The van der Waals surface area contributed by atoms with Gasteiger partial charge >= 0.3 is 5.97 Å². The molecule has 0 unspecified atom stereocenters. The van der Waals surface area contributed by atoms with Crippen LogP contribution in [0, 0.1) is 0 Å². The van der Waals surface area contributed by atoms with Gasteiger partial charge in [-0.05, 0) is 56.6 Å². The molecule has 10 nitrogen and oxygen atoms in total. The van der Waals surface area contributed by atoms with Crippen molar-refractivity contribution in [3.63, 3.8) is 0 Å². The van der Waals surface area contributed by atoms with Crippen molar-refractivity contribution in [1.82, 2.24) is 19.4 Å². The first-order valence-corrected chi connectivity index (χ1v) is 13.7. The predicted octanol–water partition coefficient (Wildman–Crippen LogP) is 4.09. The summed E-state index contributed by atoms with van der Waals surface area (Å²) in [7, 11) is -0.244. The molecule has 0 aliphatic rings. The van der Waals surface area contributed by atoms with Gasteiger partial charge in [0.25, 0.3) is 10.0 Å². The van der Waals surface area contributed by atoms with Crippen LogP contribution in [0.4, 0.5) is 11.5 Å². The van der Waals surface area contributed by atoms with Crippen molar-refractivity contribution in [1.29, 1.82) is 0 Å². The molecule has 2 heterocycles. The monoisotopic (exact) mass is 606 g/mol. The first-order valence-electron chi connectivity index (χ1n) is 11.1. The van der Waals surface area contributed by atoms with Crippen molar-refractivity contribution in [2.24, 2.45) is 0 Å². The highest BCUT2D eigenvalue weighted by molar-refractivity contribution is 9.10. The zero-order chi connectivity index (χ0) is 26.7. The van der Waals surface area contributed by atoms with Gasteiger partial charge in [0.05, 0.1) is 28.5 Å². The van der Waals surface area contributed by atoms with E-state index in [2.05, 4.69) is 36.1 Å². The van der Waals surface area contributed by atoms with E-state index in [0.717, 1.165) is 22.9 Å².